The number of carbonyl (C=O) groups excluding carboxylic acids is 2. The maximum atomic E-state index is 12.7. The van der Waals surface area contributed by atoms with Gasteiger partial charge in [-0.05, 0) is 37.6 Å². The van der Waals surface area contributed by atoms with Gasteiger partial charge in [0.25, 0.3) is 0 Å². The molecule has 0 bridgehead atoms. The van der Waals surface area contributed by atoms with Gasteiger partial charge in [0.15, 0.2) is 0 Å². The smallest absolute Gasteiger partial charge is 0.243 e. The molecule has 2 aliphatic heterocycles. The Morgan fingerprint density at radius 2 is 2.08 bits per heavy atom. The van der Waals surface area contributed by atoms with Gasteiger partial charge in [-0.2, -0.15) is 4.31 Å². The van der Waals surface area contributed by atoms with Gasteiger partial charge in [0.05, 0.1) is 17.4 Å². The number of sulfonamides is 1. The summed E-state index contributed by atoms with van der Waals surface area (Å²) in [7, 11) is -3.77. The third-order valence-corrected chi connectivity index (χ3v) is 6.25. The second kappa shape index (κ2) is 8.81. The van der Waals surface area contributed by atoms with E-state index in [1.807, 2.05) is 0 Å². The van der Waals surface area contributed by atoms with Crippen molar-refractivity contribution in [1.82, 2.24) is 14.9 Å². The van der Waals surface area contributed by atoms with Gasteiger partial charge in [0.1, 0.15) is 0 Å². The fourth-order valence-electron chi connectivity index (χ4n) is 3.02. The molecule has 10 heteroatoms. The molecule has 0 saturated carbocycles. The summed E-state index contributed by atoms with van der Waals surface area (Å²) in [6.07, 6.45) is 1.77. The second-order valence-corrected chi connectivity index (χ2v) is 8.19. The van der Waals surface area contributed by atoms with Crippen LogP contribution in [0.2, 0.25) is 0 Å². The highest BCUT2D eigenvalue weighted by molar-refractivity contribution is 7.89. The minimum Gasteiger partial charge on any atom is -0.354 e. The van der Waals surface area contributed by atoms with Crippen LogP contribution in [0, 0.1) is 5.92 Å². The largest absolute Gasteiger partial charge is 0.354 e. The summed E-state index contributed by atoms with van der Waals surface area (Å²) in [5.74, 6) is -0.539. The molecule has 1 atom stereocenters. The normalized spacial score (nSPS) is 21.4. The third-order valence-electron chi connectivity index (χ3n) is 4.41. The maximum Gasteiger partial charge on any atom is 0.243 e. The Hall–Kier alpha value is -1.68. The number of piperazine rings is 1. The summed E-state index contributed by atoms with van der Waals surface area (Å²) in [6, 6.07) is 6.16. The average Bonchev–Trinajstić information content (AvgIpc) is 2.62. The number of amides is 2. The van der Waals surface area contributed by atoms with Crippen molar-refractivity contribution in [3.8, 4) is 0 Å². The molecule has 144 valence electrons. The molecular formula is C16H23ClN4O4S. The predicted molar refractivity (Wildman–Crippen MR) is 99.7 cm³/mol. The number of carbonyl (C=O) groups is 2. The van der Waals surface area contributed by atoms with E-state index in [9.17, 15) is 18.0 Å². The van der Waals surface area contributed by atoms with E-state index in [0.717, 1.165) is 23.7 Å². The zero-order valence-corrected chi connectivity index (χ0v) is 15.9. The van der Waals surface area contributed by atoms with Gasteiger partial charge in [0, 0.05) is 25.3 Å². The van der Waals surface area contributed by atoms with Crippen LogP contribution in [0.3, 0.4) is 0 Å². The van der Waals surface area contributed by atoms with E-state index in [4.69, 9.17) is 0 Å². The van der Waals surface area contributed by atoms with E-state index in [-0.39, 0.29) is 48.1 Å². The van der Waals surface area contributed by atoms with E-state index in [1.165, 1.54) is 12.1 Å². The minimum absolute atomic E-state index is 0. The molecular weight excluding hydrogens is 380 g/mol. The van der Waals surface area contributed by atoms with Gasteiger partial charge in [-0.1, -0.05) is 6.07 Å². The van der Waals surface area contributed by atoms with Crippen LogP contribution in [0.1, 0.15) is 12.8 Å². The van der Waals surface area contributed by atoms with Crippen LogP contribution in [-0.4, -0.2) is 57.3 Å². The molecule has 1 aromatic carbocycles. The molecule has 1 aromatic rings. The molecule has 0 aromatic heterocycles. The van der Waals surface area contributed by atoms with Crippen molar-refractivity contribution in [2.75, 3.05) is 38.0 Å². The molecule has 26 heavy (non-hydrogen) atoms. The van der Waals surface area contributed by atoms with Crippen molar-refractivity contribution in [3.63, 3.8) is 0 Å². The molecule has 0 spiro atoms. The summed E-state index contributed by atoms with van der Waals surface area (Å²) in [5, 5.41) is 8.58. The number of hydrogen-bond donors (Lipinski definition) is 3. The maximum absolute atomic E-state index is 12.7. The minimum atomic E-state index is -3.77. The lowest BCUT2D eigenvalue weighted by Gasteiger charge is -2.26. The molecule has 0 radical (unpaired) electrons. The summed E-state index contributed by atoms with van der Waals surface area (Å²) in [6.45, 7) is 1.89. The van der Waals surface area contributed by atoms with Gasteiger partial charge in [0.2, 0.25) is 21.8 Å². The molecule has 2 heterocycles. The van der Waals surface area contributed by atoms with Crippen LogP contribution in [-0.2, 0) is 19.6 Å². The highest BCUT2D eigenvalue weighted by Gasteiger charge is 2.29. The standard InChI is InChI=1S/C16H22N4O4S.ClH/c21-15-11-20(8-7-18-15)25(23,24)14-5-1-4-13(9-14)19-16(22)12-3-2-6-17-10-12;/h1,4-5,9,12,17H,2-3,6-8,10-11H2,(H,18,21)(H,19,22);1H. The fraction of sp³-hybridized carbons (Fsp3) is 0.500. The lowest BCUT2D eigenvalue weighted by atomic mass is 9.99. The van der Waals surface area contributed by atoms with Crippen molar-refractivity contribution in [2.24, 2.45) is 5.92 Å². The van der Waals surface area contributed by atoms with Gasteiger partial charge >= 0.3 is 0 Å². The number of rotatable bonds is 4. The van der Waals surface area contributed by atoms with Crippen molar-refractivity contribution in [1.29, 1.82) is 0 Å². The first kappa shape index (κ1) is 20.6. The van der Waals surface area contributed by atoms with Crippen LogP contribution >= 0.6 is 12.4 Å². The fourth-order valence-corrected chi connectivity index (χ4v) is 4.47. The summed E-state index contributed by atoms with van der Waals surface area (Å²) < 4.78 is 26.5. The van der Waals surface area contributed by atoms with E-state index >= 15 is 0 Å². The van der Waals surface area contributed by atoms with E-state index < -0.39 is 10.0 Å². The van der Waals surface area contributed by atoms with Crippen LogP contribution in [0.5, 0.6) is 0 Å². The van der Waals surface area contributed by atoms with Crippen LogP contribution in [0.15, 0.2) is 29.2 Å². The Kier molecular flexibility index (Phi) is 6.99. The first-order valence-electron chi connectivity index (χ1n) is 8.35. The van der Waals surface area contributed by atoms with Crippen molar-refractivity contribution in [2.45, 2.75) is 17.7 Å². The van der Waals surface area contributed by atoms with E-state index in [1.54, 1.807) is 12.1 Å². The molecule has 2 fully saturated rings. The highest BCUT2D eigenvalue weighted by atomic mass is 35.5. The van der Waals surface area contributed by atoms with E-state index in [0.29, 0.717) is 18.8 Å². The number of nitrogens with zero attached hydrogens (tertiary/aromatic N) is 1. The SMILES string of the molecule is Cl.O=C1CN(S(=O)(=O)c2cccc(NC(=O)C3CCCNC3)c2)CCN1. The van der Waals surface area contributed by atoms with Gasteiger partial charge in [-0.15, -0.1) is 12.4 Å². The monoisotopic (exact) mass is 402 g/mol. The molecule has 2 amide bonds. The number of hydrogen-bond acceptors (Lipinski definition) is 5. The zero-order valence-electron chi connectivity index (χ0n) is 14.2. The molecule has 2 aliphatic rings. The summed E-state index contributed by atoms with van der Waals surface area (Å²) in [4.78, 5) is 23.8. The van der Waals surface area contributed by atoms with Crippen molar-refractivity contribution >= 4 is 39.9 Å². The zero-order chi connectivity index (χ0) is 17.9. The van der Waals surface area contributed by atoms with Crippen molar-refractivity contribution < 1.29 is 18.0 Å². The third kappa shape index (κ3) is 4.73. The molecule has 1 unspecified atom stereocenters. The predicted octanol–water partition coefficient (Wildman–Crippen LogP) is 0.167. The van der Waals surface area contributed by atoms with Gasteiger partial charge in [-0.25, -0.2) is 8.42 Å². The number of anilines is 1. The molecule has 3 rings (SSSR count). The number of piperidine rings is 1. The highest BCUT2D eigenvalue weighted by Crippen LogP contribution is 2.21. The Balaban J connectivity index is 0.00000243. The molecule has 3 N–H and O–H groups in total. The lowest BCUT2D eigenvalue weighted by molar-refractivity contribution is -0.122. The van der Waals surface area contributed by atoms with Gasteiger partial charge in [-0.3, -0.25) is 9.59 Å². The number of nitrogens with one attached hydrogen (secondary N) is 3. The summed E-state index contributed by atoms with van der Waals surface area (Å²) in [5.41, 5.74) is 0.443. The number of halogens is 1. The Labute approximate surface area is 159 Å². The number of benzene rings is 1. The quantitative estimate of drug-likeness (QED) is 0.665. The lowest BCUT2D eigenvalue weighted by Crippen LogP contribution is -2.49. The Morgan fingerprint density at radius 1 is 1.27 bits per heavy atom. The average molecular weight is 403 g/mol. The van der Waals surface area contributed by atoms with Gasteiger partial charge < -0.3 is 16.0 Å². The summed E-state index contributed by atoms with van der Waals surface area (Å²) >= 11 is 0. The van der Waals surface area contributed by atoms with Crippen molar-refractivity contribution in [3.05, 3.63) is 24.3 Å². The Bertz CT molecular complexity index is 765. The Morgan fingerprint density at radius 3 is 2.77 bits per heavy atom. The van der Waals surface area contributed by atoms with Crippen LogP contribution in [0.25, 0.3) is 0 Å². The first-order chi connectivity index (χ1) is 12.0. The molecule has 0 aliphatic carbocycles. The second-order valence-electron chi connectivity index (χ2n) is 6.25. The molecule has 2 saturated heterocycles. The topological polar surface area (TPSA) is 108 Å². The first-order valence-corrected chi connectivity index (χ1v) is 9.79. The van der Waals surface area contributed by atoms with E-state index in [2.05, 4.69) is 16.0 Å². The van der Waals surface area contributed by atoms with Crippen LogP contribution in [0.4, 0.5) is 5.69 Å². The molecule has 8 nitrogen and oxygen atoms in total. The van der Waals surface area contributed by atoms with Crippen LogP contribution < -0.4 is 16.0 Å².